The van der Waals surface area contributed by atoms with Crippen molar-refractivity contribution in [3.05, 3.63) is 71.7 Å². The minimum atomic E-state index is 0.246. The van der Waals surface area contributed by atoms with Gasteiger partial charge in [-0.2, -0.15) is 5.10 Å². The van der Waals surface area contributed by atoms with E-state index in [2.05, 4.69) is 52.7 Å². The zero-order valence-corrected chi connectivity index (χ0v) is 23.7. The summed E-state index contributed by atoms with van der Waals surface area (Å²) in [4.78, 5) is 12.6. The lowest BCUT2D eigenvalue weighted by atomic mass is 9.98. The molecule has 0 saturated carbocycles. The smallest absolute Gasteiger partial charge is 0.263 e. The van der Waals surface area contributed by atoms with Crippen molar-refractivity contribution in [3.8, 4) is 28.6 Å². The van der Waals surface area contributed by atoms with E-state index in [0.29, 0.717) is 17.5 Å². The molecule has 3 heterocycles. The van der Waals surface area contributed by atoms with Crippen LogP contribution in [0.15, 0.2) is 59.9 Å². The van der Waals surface area contributed by atoms with Gasteiger partial charge in [0.25, 0.3) is 5.88 Å². The Labute approximate surface area is 233 Å². The quantitative estimate of drug-likeness (QED) is 0.267. The number of nitrogens with two attached hydrogens (primary N) is 1. The van der Waals surface area contributed by atoms with Crippen molar-refractivity contribution in [3.63, 3.8) is 0 Å². The molecular formula is C29H35N7O2S. The lowest BCUT2D eigenvalue weighted by molar-refractivity contribution is 0.212. The molecule has 9 nitrogen and oxygen atoms in total. The average molecular weight is 546 g/mol. The monoisotopic (exact) mass is 545 g/mol. The van der Waals surface area contributed by atoms with Crippen LogP contribution in [0.25, 0.3) is 11.3 Å². The van der Waals surface area contributed by atoms with Crippen molar-refractivity contribution < 1.29 is 9.47 Å². The molecule has 0 aliphatic carbocycles. The van der Waals surface area contributed by atoms with Crippen molar-refractivity contribution in [2.45, 2.75) is 44.2 Å². The summed E-state index contributed by atoms with van der Waals surface area (Å²) in [5.74, 6) is 1.99. The number of nitrogens with one attached hydrogen (secondary N) is 1. The van der Waals surface area contributed by atoms with Gasteiger partial charge in [0.15, 0.2) is 11.6 Å². The highest BCUT2D eigenvalue weighted by Crippen LogP contribution is 2.31. The van der Waals surface area contributed by atoms with Gasteiger partial charge in [-0.05, 0) is 112 Å². The van der Waals surface area contributed by atoms with E-state index in [4.69, 9.17) is 20.2 Å². The summed E-state index contributed by atoms with van der Waals surface area (Å²) in [6, 6.07) is 12.6. The maximum atomic E-state index is 6.13. The Bertz CT molecular complexity index is 1390. The number of aromatic nitrogens is 4. The fourth-order valence-corrected chi connectivity index (χ4v) is 5.45. The summed E-state index contributed by atoms with van der Waals surface area (Å²) in [6.45, 7) is 7.10. The van der Waals surface area contributed by atoms with Crippen molar-refractivity contribution in [1.29, 1.82) is 0 Å². The Morgan fingerprint density at radius 1 is 1.05 bits per heavy atom. The number of nitrogens with zero attached hydrogens (tertiary/aromatic N) is 5. The predicted molar refractivity (Wildman–Crippen MR) is 155 cm³/mol. The van der Waals surface area contributed by atoms with Crippen LogP contribution >= 0.6 is 11.9 Å². The molecule has 1 saturated heterocycles. The van der Waals surface area contributed by atoms with E-state index in [1.54, 1.807) is 31.5 Å². The van der Waals surface area contributed by atoms with Gasteiger partial charge in [-0.1, -0.05) is 0 Å². The third-order valence-corrected chi connectivity index (χ3v) is 7.91. The molecule has 2 aromatic heterocycles. The molecule has 0 unspecified atom stereocenters. The summed E-state index contributed by atoms with van der Waals surface area (Å²) in [5, 5.41) is 4.53. The number of ether oxygens (including phenoxy) is 2. The van der Waals surface area contributed by atoms with Crippen LogP contribution in [0, 0.1) is 13.8 Å². The van der Waals surface area contributed by atoms with Gasteiger partial charge in [0.2, 0.25) is 0 Å². The van der Waals surface area contributed by atoms with Crippen LogP contribution in [0.2, 0.25) is 0 Å². The molecule has 39 heavy (non-hydrogen) atoms. The standard InChI is InChI=1S/C29H35N7O2S/c1-19-13-21(14-20(2)26(19)16-33-39-25-7-5-23(37-4)6-8-25)27-17-31-28(30)29(34-27)38-24-15-32-36(18-24)22-9-11-35(3)12-10-22/h5-8,13-15,17-18,22,33H,9-12,16H2,1-4H3,(H2,30,31). The highest BCUT2D eigenvalue weighted by molar-refractivity contribution is 7.97. The second-order valence-electron chi connectivity index (χ2n) is 9.93. The van der Waals surface area contributed by atoms with Crippen LogP contribution in [-0.4, -0.2) is 51.9 Å². The Balaban J connectivity index is 1.26. The van der Waals surface area contributed by atoms with E-state index in [1.807, 2.05) is 35.1 Å². The molecule has 5 rings (SSSR count). The number of nitrogen functional groups attached to an aromatic ring is 1. The van der Waals surface area contributed by atoms with E-state index in [9.17, 15) is 0 Å². The first-order valence-corrected chi connectivity index (χ1v) is 13.9. The molecule has 204 valence electrons. The van der Waals surface area contributed by atoms with Crippen molar-refractivity contribution in [2.24, 2.45) is 0 Å². The molecule has 0 radical (unpaired) electrons. The van der Waals surface area contributed by atoms with Crippen molar-refractivity contribution >= 4 is 17.8 Å². The van der Waals surface area contributed by atoms with Crippen molar-refractivity contribution in [1.82, 2.24) is 29.4 Å². The predicted octanol–water partition coefficient (Wildman–Crippen LogP) is 5.40. The van der Waals surface area contributed by atoms with E-state index in [-0.39, 0.29) is 11.7 Å². The summed E-state index contributed by atoms with van der Waals surface area (Å²) < 4.78 is 16.7. The minimum absolute atomic E-state index is 0.246. The molecule has 1 fully saturated rings. The van der Waals surface area contributed by atoms with Crippen LogP contribution in [0.1, 0.15) is 35.6 Å². The lowest BCUT2D eigenvalue weighted by Crippen LogP contribution is -2.31. The Morgan fingerprint density at radius 3 is 2.46 bits per heavy atom. The average Bonchev–Trinajstić information content (AvgIpc) is 3.40. The highest BCUT2D eigenvalue weighted by Gasteiger charge is 2.20. The molecule has 0 spiro atoms. The van der Waals surface area contributed by atoms with E-state index >= 15 is 0 Å². The molecule has 4 aromatic rings. The number of hydrogen-bond donors (Lipinski definition) is 2. The van der Waals surface area contributed by atoms with Crippen LogP contribution in [0.5, 0.6) is 17.4 Å². The van der Waals surface area contributed by atoms with Gasteiger partial charge in [-0.25, -0.2) is 9.97 Å². The summed E-state index contributed by atoms with van der Waals surface area (Å²) >= 11 is 1.60. The van der Waals surface area contributed by atoms with Crippen LogP contribution in [0.4, 0.5) is 5.82 Å². The molecule has 1 aliphatic heterocycles. The number of anilines is 1. The van der Waals surface area contributed by atoms with Gasteiger partial charge < -0.3 is 20.1 Å². The molecule has 1 aliphatic rings. The number of methoxy groups -OCH3 is 1. The molecular weight excluding hydrogens is 510 g/mol. The third kappa shape index (κ3) is 6.52. The fourth-order valence-electron chi connectivity index (χ4n) is 4.80. The maximum absolute atomic E-state index is 6.13. The molecule has 0 bridgehead atoms. The van der Waals surface area contributed by atoms with Crippen LogP contribution in [0.3, 0.4) is 0 Å². The van der Waals surface area contributed by atoms with Crippen LogP contribution < -0.4 is 19.9 Å². The Morgan fingerprint density at radius 2 is 1.77 bits per heavy atom. The number of piperidine rings is 1. The molecule has 10 heteroatoms. The zero-order chi connectivity index (χ0) is 27.4. The van der Waals surface area contributed by atoms with Crippen LogP contribution in [-0.2, 0) is 6.54 Å². The Hall–Kier alpha value is -3.60. The van der Waals surface area contributed by atoms with E-state index in [0.717, 1.165) is 48.7 Å². The van der Waals surface area contributed by atoms with Gasteiger partial charge in [-0.3, -0.25) is 9.40 Å². The number of aryl methyl sites for hydroxylation is 2. The largest absolute Gasteiger partial charge is 0.497 e. The van der Waals surface area contributed by atoms with Gasteiger partial charge in [0, 0.05) is 17.0 Å². The number of likely N-dealkylation sites (tertiary alicyclic amines) is 1. The van der Waals surface area contributed by atoms with Gasteiger partial charge in [0.1, 0.15) is 5.75 Å². The summed E-state index contributed by atoms with van der Waals surface area (Å²) in [6.07, 6.45) is 7.46. The lowest BCUT2D eigenvalue weighted by Gasteiger charge is -2.28. The van der Waals surface area contributed by atoms with Crippen molar-refractivity contribution in [2.75, 3.05) is 33.0 Å². The van der Waals surface area contributed by atoms with Gasteiger partial charge in [-0.15, -0.1) is 0 Å². The van der Waals surface area contributed by atoms with Gasteiger partial charge in [0.05, 0.1) is 37.4 Å². The molecule has 0 amide bonds. The molecule has 3 N–H and O–H groups in total. The fraction of sp³-hybridized carbons (Fsp3) is 0.345. The van der Waals surface area contributed by atoms with E-state index in [1.165, 1.54) is 16.7 Å². The normalized spacial score (nSPS) is 14.5. The van der Waals surface area contributed by atoms with Gasteiger partial charge >= 0.3 is 0 Å². The minimum Gasteiger partial charge on any atom is -0.497 e. The summed E-state index contributed by atoms with van der Waals surface area (Å²) in [7, 11) is 3.82. The second-order valence-corrected chi connectivity index (χ2v) is 10.9. The topological polar surface area (TPSA) is 103 Å². The second kappa shape index (κ2) is 12.1. The molecule has 0 atom stereocenters. The third-order valence-electron chi connectivity index (χ3n) is 7.11. The first-order chi connectivity index (χ1) is 18.9. The number of hydrogen-bond acceptors (Lipinski definition) is 9. The molecule has 2 aromatic carbocycles. The Kier molecular flexibility index (Phi) is 8.35. The van der Waals surface area contributed by atoms with E-state index < -0.39 is 0 Å². The highest BCUT2D eigenvalue weighted by atomic mass is 32.2. The summed E-state index contributed by atoms with van der Waals surface area (Å²) in [5.41, 5.74) is 11.4. The first-order valence-electron chi connectivity index (χ1n) is 13.1. The number of rotatable bonds is 9. The number of benzene rings is 2. The first kappa shape index (κ1) is 27.0. The maximum Gasteiger partial charge on any atom is 0.263 e. The zero-order valence-electron chi connectivity index (χ0n) is 22.8. The SMILES string of the molecule is COc1ccc(SNCc2c(C)cc(-c3cnc(N)c(Oc4cnn(C5CCN(C)CC5)c4)n3)cc2C)cc1.